The number of amides is 1. The van der Waals surface area contributed by atoms with E-state index < -0.39 is 0 Å². The molecule has 1 N–H and O–H groups in total. The van der Waals surface area contributed by atoms with Crippen LogP contribution in [0, 0.1) is 11.8 Å². The summed E-state index contributed by atoms with van der Waals surface area (Å²) in [5, 5.41) is 9.13. The van der Waals surface area contributed by atoms with E-state index in [0.717, 1.165) is 32.1 Å². The fraction of sp³-hybridized carbons (Fsp3) is 0.933. The fourth-order valence-electron chi connectivity index (χ4n) is 3.52. The summed E-state index contributed by atoms with van der Waals surface area (Å²) in [4.78, 5) is 14.2. The van der Waals surface area contributed by atoms with Crippen molar-refractivity contribution in [2.24, 2.45) is 11.8 Å². The van der Waals surface area contributed by atoms with E-state index >= 15 is 0 Å². The molecule has 0 spiro atoms. The first-order valence-electron chi connectivity index (χ1n) is 7.57. The highest BCUT2D eigenvalue weighted by Crippen LogP contribution is 2.30. The molecule has 3 heteroatoms. The number of hydrogen-bond acceptors (Lipinski definition) is 2. The third-order valence-corrected chi connectivity index (χ3v) is 4.95. The van der Waals surface area contributed by atoms with Gasteiger partial charge in [0.2, 0.25) is 5.91 Å². The number of carbonyl (C=O) groups excluding carboxylic acids is 1. The minimum Gasteiger partial charge on any atom is -0.396 e. The van der Waals surface area contributed by atoms with Crippen molar-refractivity contribution >= 4 is 5.91 Å². The van der Waals surface area contributed by atoms with Crippen LogP contribution in [-0.2, 0) is 4.79 Å². The highest BCUT2D eigenvalue weighted by Gasteiger charge is 2.27. The van der Waals surface area contributed by atoms with Gasteiger partial charge in [-0.1, -0.05) is 12.8 Å². The zero-order chi connectivity index (χ0) is 13.0. The molecule has 0 aromatic heterocycles. The van der Waals surface area contributed by atoms with Gasteiger partial charge in [0.1, 0.15) is 0 Å². The van der Waals surface area contributed by atoms with Gasteiger partial charge in [-0.25, -0.2) is 0 Å². The molecule has 0 unspecified atom stereocenters. The fourth-order valence-corrected chi connectivity index (χ4v) is 3.52. The van der Waals surface area contributed by atoms with Crippen molar-refractivity contribution in [3.63, 3.8) is 0 Å². The van der Waals surface area contributed by atoms with Crippen LogP contribution in [0.5, 0.6) is 0 Å². The maximum atomic E-state index is 12.2. The van der Waals surface area contributed by atoms with Crippen molar-refractivity contribution in [3.8, 4) is 0 Å². The summed E-state index contributed by atoms with van der Waals surface area (Å²) in [6.45, 7) is 0.312. The minimum atomic E-state index is 0.312. The van der Waals surface area contributed by atoms with Crippen molar-refractivity contribution in [1.82, 2.24) is 4.90 Å². The summed E-state index contributed by atoms with van der Waals surface area (Å²) < 4.78 is 0. The quantitative estimate of drug-likeness (QED) is 0.836. The molecule has 0 aromatic rings. The molecular formula is C15H27NO2. The molecule has 0 heterocycles. The molecule has 2 fully saturated rings. The van der Waals surface area contributed by atoms with E-state index in [-0.39, 0.29) is 0 Å². The number of aliphatic hydroxyl groups excluding tert-OH is 1. The van der Waals surface area contributed by atoms with Crippen molar-refractivity contribution in [2.45, 2.75) is 63.8 Å². The molecule has 0 aromatic carbocycles. The first-order chi connectivity index (χ1) is 8.70. The predicted molar refractivity (Wildman–Crippen MR) is 72.2 cm³/mol. The van der Waals surface area contributed by atoms with Crippen molar-refractivity contribution in [3.05, 3.63) is 0 Å². The largest absolute Gasteiger partial charge is 0.396 e. The standard InChI is InChI=1S/C15H27NO2/c1-16(14-8-6-13(11-17)7-9-14)15(18)10-12-4-2-3-5-12/h12-14,17H,2-11H2,1H3. The monoisotopic (exact) mass is 253 g/mol. The minimum absolute atomic E-state index is 0.312. The van der Waals surface area contributed by atoms with Crippen molar-refractivity contribution < 1.29 is 9.90 Å². The molecule has 18 heavy (non-hydrogen) atoms. The average Bonchev–Trinajstić information content (AvgIpc) is 2.91. The molecule has 0 bridgehead atoms. The van der Waals surface area contributed by atoms with Gasteiger partial charge in [-0.15, -0.1) is 0 Å². The van der Waals surface area contributed by atoms with Gasteiger partial charge in [0.05, 0.1) is 0 Å². The van der Waals surface area contributed by atoms with Crippen LogP contribution in [-0.4, -0.2) is 35.6 Å². The first-order valence-corrected chi connectivity index (χ1v) is 7.57. The molecule has 2 saturated carbocycles. The third kappa shape index (κ3) is 3.47. The van der Waals surface area contributed by atoms with Gasteiger partial charge in [-0.05, 0) is 50.4 Å². The van der Waals surface area contributed by atoms with Crippen LogP contribution in [0.3, 0.4) is 0 Å². The first kappa shape index (κ1) is 13.9. The van der Waals surface area contributed by atoms with Gasteiger partial charge in [0, 0.05) is 26.1 Å². The normalized spacial score (nSPS) is 29.4. The SMILES string of the molecule is CN(C(=O)CC1CCCC1)C1CCC(CO)CC1. The van der Waals surface area contributed by atoms with Crippen LogP contribution in [0.2, 0.25) is 0 Å². The zero-order valence-electron chi connectivity index (χ0n) is 11.6. The van der Waals surface area contributed by atoms with E-state index in [0.29, 0.717) is 30.4 Å². The molecule has 2 rings (SSSR count). The number of nitrogens with zero attached hydrogens (tertiary/aromatic N) is 1. The van der Waals surface area contributed by atoms with Gasteiger partial charge in [-0.3, -0.25) is 4.79 Å². The van der Waals surface area contributed by atoms with E-state index in [2.05, 4.69) is 0 Å². The maximum Gasteiger partial charge on any atom is 0.222 e. The van der Waals surface area contributed by atoms with E-state index in [1.54, 1.807) is 0 Å². The zero-order valence-corrected chi connectivity index (χ0v) is 11.6. The third-order valence-electron chi connectivity index (χ3n) is 4.95. The molecule has 3 nitrogen and oxygen atoms in total. The van der Waals surface area contributed by atoms with Gasteiger partial charge >= 0.3 is 0 Å². The lowest BCUT2D eigenvalue weighted by molar-refractivity contribution is -0.133. The second kappa shape index (κ2) is 6.55. The Hall–Kier alpha value is -0.570. The molecule has 0 atom stereocenters. The highest BCUT2D eigenvalue weighted by molar-refractivity contribution is 5.76. The molecule has 2 aliphatic carbocycles. The summed E-state index contributed by atoms with van der Waals surface area (Å²) in [6, 6.07) is 0.418. The topological polar surface area (TPSA) is 40.5 Å². The second-order valence-electron chi connectivity index (χ2n) is 6.22. The van der Waals surface area contributed by atoms with Gasteiger partial charge in [0.25, 0.3) is 0 Å². The van der Waals surface area contributed by atoms with E-state index in [1.165, 1.54) is 25.7 Å². The Labute approximate surface area is 111 Å². The lowest BCUT2D eigenvalue weighted by Gasteiger charge is -2.34. The maximum absolute atomic E-state index is 12.2. The van der Waals surface area contributed by atoms with E-state index in [9.17, 15) is 4.79 Å². The summed E-state index contributed by atoms with van der Waals surface area (Å²) in [7, 11) is 1.97. The predicted octanol–water partition coefficient (Wildman–Crippen LogP) is 2.58. The van der Waals surface area contributed by atoms with Gasteiger partial charge in [-0.2, -0.15) is 0 Å². The van der Waals surface area contributed by atoms with Crippen LogP contribution in [0.4, 0.5) is 0 Å². The Morgan fingerprint density at radius 1 is 1.06 bits per heavy atom. The van der Waals surface area contributed by atoms with E-state index in [4.69, 9.17) is 5.11 Å². The number of aliphatic hydroxyl groups is 1. The highest BCUT2D eigenvalue weighted by atomic mass is 16.3. The lowest BCUT2D eigenvalue weighted by Crippen LogP contribution is -2.40. The lowest BCUT2D eigenvalue weighted by atomic mass is 9.85. The Kier molecular flexibility index (Phi) is 5.04. The summed E-state index contributed by atoms with van der Waals surface area (Å²) in [5.41, 5.74) is 0. The summed E-state index contributed by atoms with van der Waals surface area (Å²) >= 11 is 0. The Bertz CT molecular complexity index is 266. The second-order valence-corrected chi connectivity index (χ2v) is 6.22. The Morgan fingerprint density at radius 2 is 1.67 bits per heavy atom. The van der Waals surface area contributed by atoms with Gasteiger partial charge < -0.3 is 10.0 Å². The van der Waals surface area contributed by atoms with Gasteiger partial charge in [0.15, 0.2) is 0 Å². The molecule has 1 amide bonds. The average molecular weight is 253 g/mol. The number of carbonyl (C=O) groups is 1. The molecule has 2 aliphatic rings. The van der Waals surface area contributed by atoms with Crippen LogP contribution >= 0.6 is 0 Å². The van der Waals surface area contributed by atoms with Crippen LogP contribution in [0.25, 0.3) is 0 Å². The van der Waals surface area contributed by atoms with Crippen LogP contribution in [0.15, 0.2) is 0 Å². The molecule has 0 aliphatic heterocycles. The Morgan fingerprint density at radius 3 is 2.22 bits per heavy atom. The molecule has 104 valence electrons. The summed E-state index contributed by atoms with van der Waals surface area (Å²) in [5.74, 6) is 1.46. The molecule has 0 saturated heterocycles. The Balaban J connectivity index is 1.76. The molecule has 0 radical (unpaired) electrons. The van der Waals surface area contributed by atoms with Crippen LogP contribution in [0.1, 0.15) is 57.8 Å². The number of hydrogen-bond donors (Lipinski definition) is 1. The van der Waals surface area contributed by atoms with E-state index in [1.807, 2.05) is 11.9 Å². The summed E-state index contributed by atoms with van der Waals surface area (Å²) in [6.07, 6.45) is 10.2. The number of rotatable bonds is 4. The van der Waals surface area contributed by atoms with Crippen molar-refractivity contribution in [2.75, 3.05) is 13.7 Å². The molecular weight excluding hydrogens is 226 g/mol. The van der Waals surface area contributed by atoms with Crippen LogP contribution < -0.4 is 0 Å². The van der Waals surface area contributed by atoms with Crippen molar-refractivity contribution in [1.29, 1.82) is 0 Å². The smallest absolute Gasteiger partial charge is 0.222 e.